The monoisotopic (exact) mass is 328 g/mol. The normalized spacial score (nSPS) is 11.2. The Morgan fingerprint density at radius 2 is 1.88 bits per heavy atom. The van der Waals surface area contributed by atoms with Crippen LogP contribution in [0.15, 0.2) is 42.7 Å². The van der Waals surface area contributed by atoms with Crippen LogP contribution in [-0.4, -0.2) is 45.1 Å². The first-order chi connectivity index (χ1) is 11.3. The summed E-state index contributed by atoms with van der Waals surface area (Å²) in [6.07, 6.45) is 3.21. The molecule has 24 heavy (non-hydrogen) atoms. The first kappa shape index (κ1) is 17.7. The van der Waals surface area contributed by atoms with Gasteiger partial charge >= 0.3 is 0 Å². The maximum absolute atomic E-state index is 12.6. The number of amides is 2. The minimum absolute atomic E-state index is 0.0309. The van der Waals surface area contributed by atoms with Gasteiger partial charge in [0, 0.05) is 18.3 Å². The lowest BCUT2D eigenvalue weighted by atomic mass is 10.1. The summed E-state index contributed by atoms with van der Waals surface area (Å²) in [4.78, 5) is 26.2. The van der Waals surface area contributed by atoms with Crippen molar-refractivity contribution < 1.29 is 9.59 Å². The first-order valence-electron chi connectivity index (χ1n) is 8.00. The van der Waals surface area contributed by atoms with Crippen LogP contribution < -0.4 is 5.32 Å². The number of benzene rings is 1. The van der Waals surface area contributed by atoms with Gasteiger partial charge in [0.05, 0.1) is 24.0 Å². The summed E-state index contributed by atoms with van der Waals surface area (Å²) in [5.41, 5.74) is 1.02. The smallest absolute Gasteiger partial charge is 0.257 e. The lowest BCUT2D eigenvalue weighted by Crippen LogP contribution is -2.47. The zero-order valence-electron chi connectivity index (χ0n) is 14.6. The molecule has 0 spiro atoms. The third-order valence-corrected chi connectivity index (χ3v) is 3.37. The Morgan fingerprint density at radius 3 is 2.46 bits per heavy atom. The van der Waals surface area contributed by atoms with E-state index in [1.165, 1.54) is 11.1 Å². The van der Waals surface area contributed by atoms with Gasteiger partial charge in [-0.05, 0) is 39.8 Å². The summed E-state index contributed by atoms with van der Waals surface area (Å²) in [6.45, 7) is 8.06. The molecule has 0 bridgehead atoms. The lowest BCUT2D eigenvalue weighted by molar-refractivity contribution is -0.123. The number of nitrogens with zero attached hydrogens (tertiary/aromatic N) is 3. The largest absolute Gasteiger partial charge is 0.350 e. The van der Waals surface area contributed by atoms with E-state index in [0.29, 0.717) is 12.1 Å². The molecular formula is C18H24N4O2. The van der Waals surface area contributed by atoms with Gasteiger partial charge in [0.15, 0.2) is 0 Å². The molecule has 1 aromatic carbocycles. The number of carbonyl (C=O) groups is 2. The van der Waals surface area contributed by atoms with E-state index < -0.39 is 0 Å². The molecular weight excluding hydrogens is 304 g/mol. The average Bonchev–Trinajstić information content (AvgIpc) is 3.01. The van der Waals surface area contributed by atoms with Gasteiger partial charge in [0.25, 0.3) is 5.91 Å². The van der Waals surface area contributed by atoms with Crippen LogP contribution >= 0.6 is 0 Å². The van der Waals surface area contributed by atoms with Crippen LogP contribution in [0.3, 0.4) is 0 Å². The van der Waals surface area contributed by atoms with Crippen molar-refractivity contribution in [1.29, 1.82) is 0 Å². The molecule has 2 aromatic rings. The average molecular weight is 328 g/mol. The summed E-state index contributed by atoms with van der Waals surface area (Å²) in [6, 6.07) is 9.57. The molecule has 0 radical (unpaired) electrons. The topological polar surface area (TPSA) is 67.2 Å². The molecule has 0 aliphatic rings. The predicted molar refractivity (Wildman–Crippen MR) is 93.0 cm³/mol. The lowest BCUT2D eigenvalue weighted by Gasteiger charge is -2.24. The number of carbonyl (C=O) groups excluding carboxylic acids is 2. The minimum Gasteiger partial charge on any atom is -0.350 e. The Kier molecular flexibility index (Phi) is 5.39. The number of nitrogens with one attached hydrogen (secondary N) is 1. The summed E-state index contributed by atoms with van der Waals surface area (Å²) < 4.78 is 1.65. The number of hydrogen-bond acceptors (Lipinski definition) is 3. The molecule has 0 aliphatic heterocycles. The highest BCUT2D eigenvalue weighted by Crippen LogP contribution is 2.10. The number of aromatic nitrogens is 2. The van der Waals surface area contributed by atoms with Gasteiger partial charge in [-0.3, -0.25) is 9.59 Å². The van der Waals surface area contributed by atoms with Crippen LogP contribution in [-0.2, 0) is 4.79 Å². The molecule has 1 N–H and O–H groups in total. The molecule has 2 amide bonds. The first-order valence-corrected chi connectivity index (χ1v) is 8.00. The molecule has 6 nitrogen and oxygen atoms in total. The molecule has 0 fully saturated rings. The van der Waals surface area contributed by atoms with Gasteiger partial charge < -0.3 is 10.2 Å². The summed E-state index contributed by atoms with van der Waals surface area (Å²) in [5.74, 6) is -0.378. The Balaban J connectivity index is 2.09. The van der Waals surface area contributed by atoms with Crippen molar-refractivity contribution in [2.24, 2.45) is 0 Å². The maximum Gasteiger partial charge on any atom is 0.257 e. The Hall–Kier alpha value is -2.63. The van der Waals surface area contributed by atoms with E-state index in [0.717, 1.165) is 5.69 Å². The van der Waals surface area contributed by atoms with Gasteiger partial charge in [-0.25, -0.2) is 4.68 Å². The number of rotatable bonds is 5. The second kappa shape index (κ2) is 7.29. The van der Waals surface area contributed by atoms with Crippen molar-refractivity contribution >= 4 is 11.8 Å². The van der Waals surface area contributed by atoms with Crippen molar-refractivity contribution in [2.45, 2.75) is 33.2 Å². The number of hydrogen-bond donors (Lipinski definition) is 1. The SMILES string of the molecule is CCN(CC(=O)NC(C)(C)C)C(=O)c1cnn(-c2ccccc2)c1. The maximum atomic E-state index is 12.6. The van der Waals surface area contributed by atoms with E-state index in [1.807, 2.05) is 58.0 Å². The summed E-state index contributed by atoms with van der Waals surface area (Å²) in [7, 11) is 0. The van der Waals surface area contributed by atoms with E-state index in [-0.39, 0.29) is 23.9 Å². The van der Waals surface area contributed by atoms with Crippen molar-refractivity contribution in [3.05, 3.63) is 48.3 Å². The highest BCUT2D eigenvalue weighted by atomic mass is 16.2. The third kappa shape index (κ3) is 4.68. The second-order valence-corrected chi connectivity index (χ2v) is 6.63. The van der Waals surface area contributed by atoms with Crippen LogP contribution in [0.4, 0.5) is 0 Å². The standard InChI is InChI=1S/C18H24N4O2/c1-5-21(13-16(23)20-18(2,3)4)17(24)14-11-19-22(12-14)15-9-7-6-8-10-15/h6-12H,5,13H2,1-4H3,(H,20,23). The van der Waals surface area contributed by atoms with Gasteiger partial charge in [0.1, 0.15) is 0 Å². The molecule has 1 heterocycles. The fourth-order valence-electron chi connectivity index (χ4n) is 2.30. The fourth-order valence-corrected chi connectivity index (χ4v) is 2.30. The molecule has 0 saturated heterocycles. The molecule has 6 heteroatoms. The second-order valence-electron chi connectivity index (χ2n) is 6.63. The summed E-state index contributed by atoms with van der Waals surface area (Å²) >= 11 is 0. The molecule has 0 atom stereocenters. The minimum atomic E-state index is -0.322. The Morgan fingerprint density at radius 1 is 1.21 bits per heavy atom. The number of para-hydroxylation sites is 1. The van der Waals surface area contributed by atoms with Crippen LogP contribution in [0.1, 0.15) is 38.1 Å². The zero-order chi connectivity index (χ0) is 17.7. The van der Waals surface area contributed by atoms with Crippen molar-refractivity contribution in [2.75, 3.05) is 13.1 Å². The van der Waals surface area contributed by atoms with E-state index in [2.05, 4.69) is 10.4 Å². The van der Waals surface area contributed by atoms with Crippen LogP contribution in [0.2, 0.25) is 0 Å². The van der Waals surface area contributed by atoms with Gasteiger partial charge in [-0.1, -0.05) is 18.2 Å². The molecule has 2 rings (SSSR count). The number of likely N-dealkylation sites (N-methyl/N-ethyl adjacent to an activating group) is 1. The summed E-state index contributed by atoms with van der Waals surface area (Å²) in [5, 5.41) is 7.10. The van der Waals surface area contributed by atoms with Crippen LogP contribution in [0.5, 0.6) is 0 Å². The van der Waals surface area contributed by atoms with Crippen LogP contribution in [0, 0.1) is 0 Å². The van der Waals surface area contributed by atoms with E-state index >= 15 is 0 Å². The quantitative estimate of drug-likeness (QED) is 0.915. The highest BCUT2D eigenvalue weighted by Gasteiger charge is 2.21. The van der Waals surface area contributed by atoms with Gasteiger partial charge in [-0.15, -0.1) is 0 Å². The molecule has 0 saturated carbocycles. The third-order valence-electron chi connectivity index (χ3n) is 3.37. The van der Waals surface area contributed by atoms with E-state index in [4.69, 9.17) is 0 Å². The van der Waals surface area contributed by atoms with E-state index in [9.17, 15) is 9.59 Å². The fraction of sp³-hybridized carbons (Fsp3) is 0.389. The molecule has 1 aromatic heterocycles. The highest BCUT2D eigenvalue weighted by molar-refractivity contribution is 5.96. The van der Waals surface area contributed by atoms with Crippen molar-refractivity contribution in [3.8, 4) is 5.69 Å². The van der Waals surface area contributed by atoms with Gasteiger partial charge in [0.2, 0.25) is 5.91 Å². The molecule has 0 aliphatic carbocycles. The van der Waals surface area contributed by atoms with Gasteiger partial charge in [-0.2, -0.15) is 5.10 Å². The van der Waals surface area contributed by atoms with Crippen LogP contribution in [0.25, 0.3) is 5.69 Å². The van der Waals surface area contributed by atoms with E-state index in [1.54, 1.807) is 10.9 Å². The molecule has 0 unspecified atom stereocenters. The van der Waals surface area contributed by atoms with Crippen molar-refractivity contribution in [1.82, 2.24) is 20.0 Å². The predicted octanol–water partition coefficient (Wildman–Crippen LogP) is 2.25. The zero-order valence-corrected chi connectivity index (χ0v) is 14.6. The Bertz CT molecular complexity index is 701. The molecule has 128 valence electrons. The van der Waals surface area contributed by atoms with Crippen molar-refractivity contribution in [3.63, 3.8) is 0 Å². The Labute approximate surface area is 142 Å².